The highest BCUT2D eigenvalue weighted by Crippen LogP contribution is 2.30. The Bertz CT molecular complexity index is 1230. The number of nitrogens with zero attached hydrogens (tertiary/aromatic N) is 3. The SMILES string of the molecule is Cc1sc(C(=O)Nc2cc(Cl)cc(NS(C)(=O)=O)c2)cc1-c1ncc(C#N)cn1. The summed E-state index contributed by atoms with van der Waals surface area (Å²) in [6, 6.07) is 8.04. The fourth-order valence-corrected chi connectivity index (χ4v) is 4.16. The lowest BCUT2D eigenvalue weighted by Gasteiger charge is -2.09. The normalized spacial score (nSPS) is 11.0. The zero-order valence-corrected chi connectivity index (χ0v) is 17.6. The van der Waals surface area contributed by atoms with E-state index in [1.54, 1.807) is 6.07 Å². The number of benzene rings is 1. The summed E-state index contributed by atoms with van der Waals surface area (Å²) in [5.74, 6) is 0.0322. The summed E-state index contributed by atoms with van der Waals surface area (Å²) < 4.78 is 25.1. The van der Waals surface area contributed by atoms with Crippen molar-refractivity contribution in [1.29, 1.82) is 5.26 Å². The van der Waals surface area contributed by atoms with Crippen LogP contribution in [0.5, 0.6) is 0 Å². The minimum Gasteiger partial charge on any atom is -0.321 e. The maximum Gasteiger partial charge on any atom is 0.265 e. The third kappa shape index (κ3) is 5.29. The third-order valence-corrected chi connectivity index (χ3v) is 5.50. The molecule has 3 aromatic rings. The highest BCUT2D eigenvalue weighted by Gasteiger charge is 2.16. The first kappa shape index (κ1) is 20.7. The molecule has 1 amide bonds. The smallest absolute Gasteiger partial charge is 0.265 e. The minimum absolute atomic E-state index is 0.240. The molecule has 0 unspecified atom stereocenters. The number of hydrogen-bond donors (Lipinski definition) is 2. The van der Waals surface area contributed by atoms with Crippen LogP contribution in [0.25, 0.3) is 11.4 Å². The van der Waals surface area contributed by atoms with Gasteiger partial charge in [-0.05, 0) is 31.2 Å². The van der Waals surface area contributed by atoms with E-state index in [9.17, 15) is 13.2 Å². The maximum atomic E-state index is 12.7. The molecule has 2 aromatic heterocycles. The molecule has 2 N–H and O–H groups in total. The molecule has 148 valence electrons. The first-order valence-electron chi connectivity index (χ1n) is 8.07. The molecule has 2 heterocycles. The van der Waals surface area contributed by atoms with Gasteiger partial charge in [-0.1, -0.05) is 11.6 Å². The predicted octanol–water partition coefficient (Wildman–Crippen LogP) is 3.66. The molecule has 3 rings (SSSR count). The molecule has 0 aliphatic heterocycles. The van der Waals surface area contributed by atoms with Crippen molar-refractivity contribution >= 4 is 50.2 Å². The van der Waals surface area contributed by atoms with Crippen molar-refractivity contribution in [1.82, 2.24) is 9.97 Å². The highest BCUT2D eigenvalue weighted by atomic mass is 35.5. The first-order chi connectivity index (χ1) is 13.6. The second kappa shape index (κ2) is 8.16. The van der Waals surface area contributed by atoms with Crippen molar-refractivity contribution in [2.24, 2.45) is 0 Å². The van der Waals surface area contributed by atoms with Gasteiger partial charge >= 0.3 is 0 Å². The summed E-state index contributed by atoms with van der Waals surface area (Å²) in [7, 11) is -3.48. The molecule has 0 fully saturated rings. The molecule has 0 aliphatic rings. The number of aromatic nitrogens is 2. The maximum absolute atomic E-state index is 12.7. The summed E-state index contributed by atoms with van der Waals surface area (Å²) in [5, 5.41) is 11.8. The number of hydrogen-bond acceptors (Lipinski definition) is 7. The molecule has 1 aromatic carbocycles. The van der Waals surface area contributed by atoms with E-state index in [0.29, 0.717) is 27.5 Å². The van der Waals surface area contributed by atoms with Gasteiger partial charge in [0.05, 0.1) is 22.4 Å². The van der Waals surface area contributed by atoms with Crippen molar-refractivity contribution < 1.29 is 13.2 Å². The second-order valence-electron chi connectivity index (χ2n) is 6.04. The number of nitrogens with one attached hydrogen (secondary N) is 2. The molecule has 8 nitrogen and oxygen atoms in total. The fraction of sp³-hybridized carbons (Fsp3) is 0.111. The molecule has 0 bridgehead atoms. The third-order valence-electron chi connectivity index (χ3n) is 3.62. The Morgan fingerprint density at radius 2 is 1.83 bits per heavy atom. The fourth-order valence-electron chi connectivity index (χ4n) is 2.47. The van der Waals surface area contributed by atoms with Crippen LogP contribution in [0.1, 0.15) is 20.1 Å². The Hall–Kier alpha value is -3.00. The summed E-state index contributed by atoms with van der Waals surface area (Å²) in [4.78, 5) is 22.2. The van der Waals surface area contributed by atoms with Crippen molar-refractivity contribution in [2.45, 2.75) is 6.92 Å². The molecule has 0 radical (unpaired) electrons. The molecule has 11 heteroatoms. The highest BCUT2D eigenvalue weighted by molar-refractivity contribution is 7.92. The summed E-state index contributed by atoms with van der Waals surface area (Å²) in [6.07, 6.45) is 3.86. The Morgan fingerprint density at radius 3 is 2.45 bits per heavy atom. The van der Waals surface area contributed by atoms with E-state index in [4.69, 9.17) is 16.9 Å². The van der Waals surface area contributed by atoms with E-state index in [2.05, 4.69) is 20.0 Å². The molecule has 0 aliphatic carbocycles. The lowest BCUT2D eigenvalue weighted by molar-refractivity contribution is 0.103. The quantitative estimate of drug-likeness (QED) is 0.614. The second-order valence-corrected chi connectivity index (χ2v) is 9.49. The monoisotopic (exact) mass is 447 g/mol. The van der Waals surface area contributed by atoms with Crippen LogP contribution in [-0.2, 0) is 10.0 Å². The Balaban J connectivity index is 1.84. The number of anilines is 2. The van der Waals surface area contributed by atoms with E-state index in [-0.39, 0.29) is 16.6 Å². The van der Waals surface area contributed by atoms with Gasteiger partial charge in [0.25, 0.3) is 5.91 Å². The molecular weight excluding hydrogens is 434 g/mol. The average molecular weight is 448 g/mol. The van der Waals surface area contributed by atoms with E-state index in [1.165, 1.54) is 41.9 Å². The van der Waals surface area contributed by atoms with Crippen molar-refractivity contribution in [3.8, 4) is 17.5 Å². The van der Waals surface area contributed by atoms with Crippen LogP contribution in [0.3, 0.4) is 0 Å². The molecule has 0 atom stereocenters. The zero-order valence-electron chi connectivity index (χ0n) is 15.2. The van der Waals surface area contributed by atoms with Gasteiger partial charge in [0, 0.05) is 33.5 Å². The Morgan fingerprint density at radius 1 is 1.17 bits per heavy atom. The lowest BCUT2D eigenvalue weighted by atomic mass is 10.2. The van der Waals surface area contributed by atoms with Gasteiger partial charge in [-0.3, -0.25) is 9.52 Å². The summed E-state index contributed by atoms with van der Waals surface area (Å²) in [5.41, 5.74) is 1.62. The van der Waals surface area contributed by atoms with Crippen LogP contribution < -0.4 is 10.0 Å². The number of carbonyl (C=O) groups is 1. The molecule has 29 heavy (non-hydrogen) atoms. The van der Waals surface area contributed by atoms with Crippen molar-refractivity contribution in [3.63, 3.8) is 0 Å². The van der Waals surface area contributed by atoms with E-state index < -0.39 is 10.0 Å². The van der Waals surface area contributed by atoms with Gasteiger partial charge in [0.1, 0.15) is 6.07 Å². The Labute approximate surface area is 176 Å². The van der Waals surface area contributed by atoms with Crippen molar-refractivity contribution in [2.75, 3.05) is 16.3 Å². The largest absolute Gasteiger partial charge is 0.321 e. The van der Waals surface area contributed by atoms with Crippen LogP contribution in [0.2, 0.25) is 5.02 Å². The number of sulfonamides is 1. The molecule has 0 saturated carbocycles. The van der Waals surface area contributed by atoms with Gasteiger partial charge in [-0.25, -0.2) is 18.4 Å². The number of nitriles is 1. The van der Waals surface area contributed by atoms with Crippen LogP contribution >= 0.6 is 22.9 Å². The molecule has 0 spiro atoms. The Kier molecular flexibility index (Phi) is 5.83. The predicted molar refractivity (Wildman–Crippen MR) is 113 cm³/mol. The van der Waals surface area contributed by atoms with Crippen molar-refractivity contribution in [3.05, 3.63) is 57.0 Å². The minimum atomic E-state index is -3.48. The van der Waals surface area contributed by atoms with Crippen LogP contribution in [0.15, 0.2) is 36.7 Å². The number of amides is 1. The van der Waals surface area contributed by atoms with Crippen LogP contribution in [0, 0.1) is 18.3 Å². The first-order valence-corrected chi connectivity index (χ1v) is 11.2. The topological polar surface area (TPSA) is 125 Å². The number of aryl methyl sites for hydroxylation is 1. The van der Waals surface area contributed by atoms with Gasteiger partial charge < -0.3 is 5.32 Å². The van der Waals surface area contributed by atoms with Gasteiger partial charge in [0.15, 0.2) is 5.82 Å². The number of carbonyl (C=O) groups excluding carboxylic acids is 1. The molecule has 0 saturated heterocycles. The lowest BCUT2D eigenvalue weighted by Crippen LogP contribution is -2.12. The number of thiophene rings is 1. The summed E-state index contributed by atoms with van der Waals surface area (Å²) >= 11 is 7.28. The zero-order chi connectivity index (χ0) is 21.2. The average Bonchev–Trinajstić information content (AvgIpc) is 3.01. The molecular formula is C18H14ClN5O3S2. The van der Waals surface area contributed by atoms with Gasteiger partial charge in [-0.15, -0.1) is 11.3 Å². The number of rotatable bonds is 5. The van der Waals surface area contributed by atoms with Gasteiger partial charge in [0.2, 0.25) is 10.0 Å². The van der Waals surface area contributed by atoms with E-state index in [0.717, 1.165) is 11.1 Å². The standard InChI is InChI=1S/C18H14ClN5O3S2/c1-10-15(17-21-8-11(7-20)9-22-17)6-16(28-10)18(25)23-13-3-12(19)4-14(5-13)24-29(2,26)27/h3-6,8-9,24H,1-2H3,(H,23,25). The van der Waals surface area contributed by atoms with E-state index >= 15 is 0 Å². The van der Waals surface area contributed by atoms with Crippen LogP contribution in [0.4, 0.5) is 11.4 Å². The van der Waals surface area contributed by atoms with E-state index in [1.807, 2.05) is 13.0 Å². The summed E-state index contributed by atoms with van der Waals surface area (Å²) in [6.45, 7) is 1.84. The number of halogens is 1. The van der Waals surface area contributed by atoms with Gasteiger partial charge in [-0.2, -0.15) is 5.26 Å². The van der Waals surface area contributed by atoms with Crippen LogP contribution in [-0.4, -0.2) is 30.5 Å².